The number of carbonyl (C=O) groups is 1. The van der Waals surface area contributed by atoms with Crippen LogP contribution in [0.15, 0.2) is 23.1 Å². The Balaban J connectivity index is 1.98. The Morgan fingerprint density at radius 3 is 2.72 bits per heavy atom. The highest BCUT2D eigenvalue weighted by atomic mass is 16.2. The van der Waals surface area contributed by atoms with Crippen LogP contribution in [0.3, 0.4) is 0 Å². The molecule has 0 aliphatic heterocycles. The van der Waals surface area contributed by atoms with Gasteiger partial charge in [0.2, 0.25) is 5.56 Å². The summed E-state index contributed by atoms with van der Waals surface area (Å²) in [4.78, 5) is 27.7. The van der Waals surface area contributed by atoms with E-state index in [0.717, 1.165) is 12.8 Å². The van der Waals surface area contributed by atoms with Crippen molar-refractivity contribution in [3.63, 3.8) is 0 Å². The van der Waals surface area contributed by atoms with Crippen LogP contribution in [-0.4, -0.2) is 42.0 Å². The lowest BCUT2D eigenvalue weighted by atomic mass is 9.75. The molecule has 98 valence electrons. The van der Waals surface area contributed by atoms with Gasteiger partial charge < -0.3 is 15.2 Å². The van der Waals surface area contributed by atoms with Crippen molar-refractivity contribution in [2.75, 3.05) is 20.6 Å². The average Bonchev–Trinajstić information content (AvgIpc) is 2.26. The second-order valence-corrected chi connectivity index (χ2v) is 5.10. The second kappa shape index (κ2) is 4.94. The van der Waals surface area contributed by atoms with E-state index in [1.807, 2.05) is 14.1 Å². The molecule has 0 saturated heterocycles. The first kappa shape index (κ1) is 12.8. The van der Waals surface area contributed by atoms with Gasteiger partial charge in [0.1, 0.15) is 0 Å². The van der Waals surface area contributed by atoms with Gasteiger partial charge in [-0.2, -0.15) is 0 Å². The summed E-state index contributed by atoms with van der Waals surface area (Å²) in [6.45, 7) is 0.631. The lowest BCUT2D eigenvalue weighted by Crippen LogP contribution is -2.57. The Bertz CT molecular complexity index is 489. The fourth-order valence-electron chi connectivity index (χ4n) is 2.30. The molecule has 1 aliphatic carbocycles. The largest absolute Gasteiger partial charge is 0.350 e. The van der Waals surface area contributed by atoms with E-state index in [9.17, 15) is 9.59 Å². The van der Waals surface area contributed by atoms with Crippen LogP contribution in [-0.2, 0) is 0 Å². The van der Waals surface area contributed by atoms with Crippen LogP contribution in [0, 0.1) is 0 Å². The number of hydrogen-bond donors (Lipinski definition) is 2. The summed E-state index contributed by atoms with van der Waals surface area (Å²) in [5.41, 5.74) is 0.247. The summed E-state index contributed by atoms with van der Waals surface area (Å²) in [5, 5.41) is 2.92. The minimum absolute atomic E-state index is 0.0941. The summed E-state index contributed by atoms with van der Waals surface area (Å²) in [5.74, 6) is -0.186. The predicted octanol–water partition coefficient (Wildman–Crippen LogP) is 0.589. The van der Waals surface area contributed by atoms with Crippen LogP contribution in [0.25, 0.3) is 0 Å². The van der Waals surface area contributed by atoms with E-state index in [-0.39, 0.29) is 17.0 Å². The highest BCUT2D eigenvalue weighted by Crippen LogP contribution is 2.35. The van der Waals surface area contributed by atoms with E-state index in [2.05, 4.69) is 15.2 Å². The van der Waals surface area contributed by atoms with Gasteiger partial charge in [-0.3, -0.25) is 9.59 Å². The van der Waals surface area contributed by atoms with Gasteiger partial charge >= 0.3 is 0 Å². The Morgan fingerprint density at radius 2 is 2.22 bits per heavy atom. The normalized spacial score (nSPS) is 17.3. The fraction of sp³-hybridized carbons (Fsp3) is 0.538. The number of amides is 1. The van der Waals surface area contributed by atoms with Gasteiger partial charge in [-0.05, 0) is 39.4 Å². The van der Waals surface area contributed by atoms with Crippen molar-refractivity contribution in [3.05, 3.63) is 34.2 Å². The van der Waals surface area contributed by atoms with E-state index in [1.54, 1.807) is 6.07 Å². The van der Waals surface area contributed by atoms with Crippen LogP contribution < -0.4 is 10.9 Å². The fourth-order valence-corrected chi connectivity index (χ4v) is 2.30. The van der Waals surface area contributed by atoms with E-state index < -0.39 is 0 Å². The molecule has 1 amide bonds. The number of likely N-dealkylation sites (N-methyl/N-ethyl adjacent to an activating group) is 1. The summed E-state index contributed by atoms with van der Waals surface area (Å²) in [6, 6.07) is 2.93. The molecule has 1 aromatic rings. The first-order valence-electron chi connectivity index (χ1n) is 6.18. The lowest BCUT2D eigenvalue weighted by molar-refractivity contribution is 0.0557. The highest BCUT2D eigenvalue weighted by Gasteiger charge is 2.39. The minimum atomic E-state index is -0.256. The first-order valence-corrected chi connectivity index (χ1v) is 6.18. The van der Waals surface area contributed by atoms with E-state index >= 15 is 0 Å². The maximum absolute atomic E-state index is 11.9. The predicted molar refractivity (Wildman–Crippen MR) is 69.7 cm³/mol. The summed E-state index contributed by atoms with van der Waals surface area (Å²) in [6.07, 6.45) is 4.91. The van der Waals surface area contributed by atoms with Crippen molar-refractivity contribution >= 4 is 5.91 Å². The van der Waals surface area contributed by atoms with Gasteiger partial charge in [0.15, 0.2) is 0 Å². The molecule has 0 spiro atoms. The van der Waals surface area contributed by atoms with Gasteiger partial charge in [0.05, 0.1) is 0 Å². The van der Waals surface area contributed by atoms with Crippen molar-refractivity contribution in [2.45, 2.75) is 24.8 Å². The van der Waals surface area contributed by atoms with Crippen molar-refractivity contribution in [1.82, 2.24) is 15.2 Å². The molecule has 18 heavy (non-hydrogen) atoms. The summed E-state index contributed by atoms with van der Waals surface area (Å²) >= 11 is 0. The number of rotatable bonds is 4. The average molecular weight is 249 g/mol. The molecule has 0 unspecified atom stereocenters. The number of aromatic nitrogens is 1. The zero-order chi connectivity index (χ0) is 13.2. The van der Waals surface area contributed by atoms with Crippen molar-refractivity contribution in [3.8, 4) is 0 Å². The van der Waals surface area contributed by atoms with Gasteiger partial charge in [-0.1, -0.05) is 0 Å². The van der Waals surface area contributed by atoms with E-state index in [4.69, 9.17) is 0 Å². The Hall–Kier alpha value is -1.62. The molecule has 1 aliphatic rings. The molecular weight excluding hydrogens is 230 g/mol. The summed E-state index contributed by atoms with van der Waals surface area (Å²) < 4.78 is 0. The first-order chi connectivity index (χ1) is 8.53. The second-order valence-electron chi connectivity index (χ2n) is 5.10. The third kappa shape index (κ3) is 2.46. The molecule has 2 N–H and O–H groups in total. The SMILES string of the molecule is CN(C)C1(CNC(=O)c2cc[nH]c(=O)c2)CCC1. The molecule has 5 heteroatoms. The number of nitrogens with one attached hydrogen (secondary N) is 2. The minimum Gasteiger partial charge on any atom is -0.350 e. The molecule has 1 aromatic heterocycles. The highest BCUT2D eigenvalue weighted by molar-refractivity contribution is 5.94. The van der Waals surface area contributed by atoms with Crippen LogP contribution in [0.5, 0.6) is 0 Å². The molecule has 1 saturated carbocycles. The van der Waals surface area contributed by atoms with Gasteiger partial charge in [-0.25, -0.2) is 0 Å². The van der Waals surface area contributed by atoms with Crippen LogP contribution in [0.4, 0.5) is 0 Å². The quantitative estimate of drug-likeness (QED) is 0.820. The molecule has 1 heterocycles. The van der Waals surface area contributed by atoms with Gasteiger partial charge in [0.25, 0.3) is 5.91 Å². The monoisotopic (exact) mass is 249 g/mol. The Morgan fingerprint density at radius 1 is 1.50 bits per heavy atom. The van der Waals surface area contributed by atoms with Crippen molar-refractivity contribution < 1.29 is 4.79 Å². The topological polar surface area (TPSA) is 65.2 Å². The molecule has 0 aromatic carbocycles. The maximum Gasteiger partial charge on any atom is 0.251 e. The third-order valence-corrected chi connectivity index (χ3v) is 3.85. The molecular formula is C13H19N3O2. The third-order valence-electron chi connectivity index (χ3n) is 3.85. The number of hydrogen-bond acceptors (Lipinski definition) is 3. The van der Waals surface area contributed by atoms with E-state index in [1.165, 1.54) is 18.7 Å². The van der Waals surface area contributed by atoms with Crippen molar-refractivity contribution in [2.24, 2.45) is 0 Å². The number of aromatic amines is 1. The van der Waals surface area contributed by atoms with Crippen LogP contribution in [0.2, 0.25) is 0 Å². The molecule has 0 atom stereocenters. The molecule has 2 rings (SSSR count). The zero-order valence-corrected chi connectivity index (χ0v) is 10.8. The lowest BCUT2D eigenvalue weighted by Gasteiger charge is -2.47. The van der Waals surface area contributed by atoms with E-state index in [0.29, 0.717) is 12.1 Å². The van der Waals surface area contributed by atoms with Crippen LogP contribution >= 0.6 is 0 Å². The summed E-state index contributed by atoms with van der Waals surface area (Å²) in [7, 11) is 4.08. The number of pyridine rings is 1. The molecule has 0 bridgehead atoms. The zero-order valence-electron chi connectivity index (χ0n) is 10.8. The van der Waals surface area contributed by atoms with Crippen LogP contribution in [0.1, 0.15) is 29.6 Å². The number of carbonyl (C=O) groups excluding carboxylic acids is 1. The number of nitrogens with zero attached hydrogens (tertiary/aromatic N) is 1. The van der Waals surface area contributed by atoms with Gasteiger partial charge in [-0.15, -0.1) is 0 Å². The molecule has 5 nitrogen and oxygen atoms in total. The molecule has 1 fully saturated rings. The maximum atomic E-state index is 11.9. The smallest absolute Gasteiger partial charge is 0.251 e. The molecule has 0 radical (unpaired) electrons. The Labute approximate surface area is 106 Å². The Kier molecular flexibility index (Phi) is 3.52. The van der Waals surface area contributed by atoms with Gasteiger partial charge in [0, 0.05) is 29.9 Å². The van der Waals surface area contributed by atoms with Crippen molar-refractivity contribution in [1.29, 1.82) is 0 Å². The number of H-pyrrole nitrogens is 1. The standard InChI is InChI=1S/C13H19N3O2/c1-16(2)13(5-3-6-13)9-15-12(18)10-4-7-14-11(17)8-10/h4,7-8H,3,5-6,9H2,1-2H3,(H,14,17)(H,15,18).